The third-order valence-electron chi connectivity index (χ3n) is 7.51. The van der Waals surface area contributed by atoms with Crippen molar-refractivity contribution in [2.75, 3.05) is 31.1 Å². The first-order chi connectivity index (χ1) is 19.8. The summed E-state index contributed by atoms with van der Waals surface area (Å²) in [7, 11) is 0. The van der Waals surface area contributed by atoms with Crippen LogP contribution in [-0.4, -0.2) is 77.6 Å². The Labute approximate surface area is 235 Å². The molecule has 2 bridgehead atoms. The van der Waals surface area contributed by atoms with Gasteiger partial charge in [-0.25, -0.2) is 18.7 Å². The molecule has 13 heteroatoms. The zero-order valence-corrected chi connectivity index (χ0v) is 23.1. The van der Waals surface area contributed by atoms with Gasteiger partial charge in [-0.1, -0.05) is 25.6 Å². The summed E-state index contributed by atoms with van der Waals surface area (Å²) >= 11 is 0. The molecule has 6 heterocycles. The van der Waals surface area contributed by atoms with E-state index in [1.165, 1.54) is 21.4 Å². The minimum Gasteiger partial charge on any atom is -0.491 e. The lowest BCUT2D eigenvalue weighted by Crippen LogP contribution is -2.54. The van der Waals surface area contributed by atoms with Crippen molar-refractivity contribution in [2.24, 2.45) is 0 Å². The number of anilines is 1. The molecule has 0 aromatic carbocycles. The highest BCUT2D eigenvalue weighted by Crippen LogP contribution is 2.35. The van der Waals surface area contributed by atoms with Crippen LogP contribution in [0.15, 0.2) is 42.0 Å². The molecule has 0 radical (unpaired) electrons. The van der Waals surface area contributed by atoms with Gasteiger partial charge in [0.05, 0.1) is 29.6 Å². The number of halogens is 1. The van der Waals surface area contributed by atoms with E-state index in [-0.39, 0.29) is 29.3 Å². The number of amides is 1. The maximum Gasteiger partial charge on any atom is 0.356 e. The van der Waals surface area contributed by atoms with E-state index in [4.69, 9.17) is 9.72 Å². The second kappa shape index (κ2) is 10.4. The second-order valence-electron chi connectivity index (χ2n) is 10.5. The normalized spacial score (nSPS) is 17.0. The fourth-order valence-electron chi connectivity index (χ4n) is 5.52. The number of aromatic nitrogens is 7. The standard InChI is InChI=1S/C28H30FN9O3/c1-5-22(39)35-10-11-36(17(4)15-35)25-19-13-20(29)27-32-26(19)37(28(40)33-25)24-21(8-9-30-23(24)16(2)3)41-12-6-7-18-14-31-34-38(18)27/h5,8-9,13-14,16-17H,1,6-7,10-12,15H2,2-4H3/t17-/m0/s1. The molecule has 212 valence electrons. The van der Waals surface area contributed by atoms with Crippen LogP contribution in [0.2, 0.25) is 0 Å². The predicted octanol–water partition coefficient (Wildman–Crippen LogP) is 2.57. The van der Waals surface area contributed by atoms with Crippen molar-refractivity contribution in [1.29, 1.82) is 0 Å². The molecule has 0 N–H and O–H groups in total. The quantitative estimate of drug-likeness (QED) is 0.348. The SMILES string of the molecule is C=CC(=O)N1CCN(c2nc(=O)n3c4nc(c(F)cc24)-n2nncc2CCCOc2ccnc(C(C)C)c2-3)[C@@H](C)C1. The first-order valence-corrected chi connectivity index (χ1v) is 13.6. The predicted molar refractivity (Wildman–Crippen MR) is 149 cm³/mol. The first kappa shape index (κ1) is 26.5. The van der Waals surface area contributed by atoms with Crippen molar-refractivity contribution in [3.05, 3.63) is 64.9 Å². The van der Waals surface area contributed by atoms with Gasteiger partial charge in [0.15, 0.2) is 17.3 Å². The third kappa shape index (κ3) is 4.50. The van der Waals surface area contributed by atoms with Crippen LogP contribution < -0.4 is 15.3 Å². The van der Waals surface area contributed by atoms with E-state index in [2.05, 4.69) is 26.9 Å². The zero-order chi connectivity index (χ0) is 28.8. The Balaban J connectivity index is 1.65. The van der Waals surface area contributed by atoms with Crippen molar-refractivity contribution in [3.63, 3.8) is 0 Å². The van der Waals surface area contributed by atoms with Gasteiger partial charge < -0.3 is 14.5 Å². The van der Waals surface area contributed by atoms with Gasteiger partial charge in [-0.3, -0.25) is 9.78 Å². The summed E-state index contributed by atoms with van der Waals surface area (Å²) in [6.45, 7) is 11.0. The van der Waals surface area contributed by atoms with Crippen molar-refractivity contribution >= 4 is 22.8 Å². The van der Waals surface area contributed by atoms with Gasteiger partial charge in [0, 0.05) is 37.9 Å². The highest BCUT2D eigenvalue weighted by atomic mass is 19.1. The van der Waals surface area contributed by atoms with Crippen molar-refractivity contribution < 1.29 is 13.9 Å². The molecule has 4 aromatic rings. The number of pyridine rings is 2. The van der Waals surface area contributed by atoms with Crippen LogP contribution in [0.4, 0.5) is 10.2 Å². The van der Waals surface area contributed by atoms with Gasteiger partial charge in [0.25, 0.3) is 0 Å². The number of carbonyl (C=O) groups excluding carboxylic acids is 1. The smallest absolute Gasteiger partial charge is 0.356 e. The van der Waals surface area contributed by atoms with Gasteiger partial charge in [0.2, 0.25) is 5.91 Å². The van der Waals surface area contributed by atoms with Crippen molar-refractivity contribution in [1.82, 2.24) is 39.4 Å². The molecule has 1 atom stereocenters. The highest BCUT2D eigenvalue weighted by molar-refractivity contribution is 5.90. The Bertz CT molecular complexity index is 1730. The van der Waals surface area contributed by atoms with Gasteiger partial charge in [-0.2, -0.15) is 9.67 Å². The monoisotopic (exact) mass is 559 g/mol. The molecule has 0 spiro atoms. The maximum atomic E-state index is 15.9. The topological polar surface area (TPSA) is 124 Å². The molecule has 2 aliphatic heterocycles. The van der Waals surface area contributed by atoms with Gasteiger partial charge >= 0.3 is 5.69 Å². The summed E-state index contributed by atoms with van der Waals surface area (Å²) in [6.07, 6.45) is 5.64. The molecule has 0 unspecified atom stereocenters. The Kier molecular flexibility index (Phi) is 6.72. The van der Waals surface area contributed by atoms with E-state index in [0.29, 0.717) is 73.1 Å². The molecule has 0 saturated carbocycles. The maximum absolute atomic E-state index is 15.9. The zero-order valence-electron chi connectivity index (χ0n) is 23.1. The number of aryl methyl sites for hydroxylation is 1. The Hall–Kier alpha value is -4.68. The first-order valence-electron chi connectivity index (χ1n) is 13.6. The van der Waals surface area contributed by atoms with Gasteiger partial charge in [0.1, 0.15) is 17.3 Å². The molecule has 0 aliphatic carbocycles. The molecule has 1 amide bonds. The molecule has 1 fully saturated rings. The van der Waals surface area contributed by atoms with Gasteiger partial charge in [-0.15, -0.1) is 5.10 Å². The number of carbonyl (C=O) groups is 1. The van der Waals surface area contributed by atoms with E-state index in [1.54, 1.807) is 23.4 Å². The van der Waals surface area contributed by atoms with E-state index >= 15 is 4.39 Å². The van der Waals surface area contributed by atoms with Crippen LogP contribution in [0.1, 0.15) is 44.5 Å². The molecular weight excluding hydrogens is 529 g/mol. The van der Waals surface area contributed by atoms with Gasteiger partial charge in [-0.05, 0) is 37.8 Å². The summed E-state index contributed by atoms with van der Waals surface area (Å²) in [6, 6.07) is 2.85. The van der Waals surface area contributed by atoms with E-state index in [1.807, 2.05) is 25.7 Å². The number of ether oxygens (including phenoxy) is 1. The number of fused-ring (bicyclic) bond motifs is 5. The summed E-state index contributed by atoms with van der Waals surface area (Å²) in [4.78, 5) is 43.7. The average molecular weight is 560 g/mol. The van der Waals surface area contributed by atoms with Crippen LogP contribution >= 0.6 is 0 Å². The fraction of sp³-hybridized carbons (Fsp3) is 0.393. The lowest BCUT2D eigenvalue weighted by Gasteiger charge is -2.40. The molecule has 41 heavy (non-hydrogen) atoms. The average Bonchev–Trinajstić information content (AvgIpc) is 3.42. The lowest BCUT2D eigenvalue weighted by molar-refractivity contribution is -0.126. The van der Waals surface area contributed by atoms with Crippen LogP contribution in [0.5, 0.6) is 5.75 Å². The minimum absolute atomic E-state index is 0.0669. The number of hydrogen-bond donors (Lipinski definition) is 0. The van der Waals surface area contributed by atoms with E-state index in [0.717, 1.165) is 0 Å². The van der Waals surface area contributed by atoms with Crippen LogP contribution in [-0.2, 0) is 11.2 Å². The Morgan fingerprint density at radius 2 is 2.07 bits per heavy atom. The molecular formula is C28H30FN9O3. The van der Waals surface area contributed by atoms with E-state index in [9.17, 15) is 9.59 Å². The summed E-state index contributed by atoms with van der Waals surface area (Å²) in [5, 5.41) is 8.43. The lowest BCUT2D eigenvalue weighted by atomic mass is 10.1. The molecule has 6 rings (SSSR count). The number of hydrogen-bond acceptors (Lipinski definition) is 9. The molecule has 12 nitrogen and oxygen atoms in total. The molecule has 2 aliphatic rings. The third-order valence-corrected chi connectivity index (χ3v) is 7.51. The minimum atomic E-state index is -0.630. The van der Waals surface area contributed by atoms with Crippen LogP contribution in [0, 0.1) is 5.82 Å². The van der Waals surface area contributed by atoms with Crippen LogP contribution in [0.25, 0.3) is 22.5 Å². The number of nitrogens with zero attached hydrogens (tertiary/aromatic N) is 9. The molecule has 4 aromatic heterocycles. The Morgan fingerprint density at radius 3 is 2.83 bits per heavy atom. The van der Waals surface area contributed by atoms with Crippen molar-refractivity contribution in [2.45, 2.75) is 45.6 Å². The Morgan fingerprint density at radius 1 is 1.24 bits per heavy atom. The fourth-order valence-corrected chi connectivity index (χ4v) is 5.52. The summed E-state index contributed by atoms with van der Waals surface area (Å²) in [5.41, 5.74) is 1.30. The second-order valence-corrected chi connectivity index (χ2v) is 10.5. The van der Waals surface area contributed by atoms with E-state index < -0.39 is 11.5 Å². The largest absolute Gasteiger partial charge is 0.491 e. The number of rotatable bonds is 3. The summed E-state index contributed by atoms with van der Waals surface area (Å²) < 4.78 is 24.8. The molecule has 1 saturated heterocycles. The highest BCUT2D eigenvalue weighted by Gasteiger charge is 2.31. The van der Waals surface area contributed by atoms with Crippen molar-refractivity contribution in [3.8, 4) is 17.3 Å². The van der Waals surface area contributed by atoms with Crippen LogP contribution in [0.3, 0.4) is 0 Å². The summed E-state index contributed by atoms with van der Waals surface area (Å²) in [5.74, 6) is -0.178. The number of piperazine rings is 1.